The van der Waals surface area contributed by atoms with Crippen LogP contribution in [0.15, 0.2) is 24.3 Å². The van der Waals surface area contributed by atoms with Crippen LogP contribution in [0.3, 0.4) is 0 Å². The summed E-state index contributed by atoms with van der Waals surface area (Å²) in [7, 11) is 1.59. The van der Waals surface area contributed by atoms with Gasteiger partial charge < -0.3 is 19.1 Å². The molecular formula is C17H23NO4. The number of amides is 1. The van der Waals surface area contributed by atoms with Gasteiger partial charge in [0.25, 0.3) is 5.91 Å². The summed E-state index contributed by atoms with van der Waals surface area (Å²) in [5.74, 6) is 1.17. The normalized spacial score (nSPS) is 18.5. The van der Waals surface area contributed by atoms with Crippen molar-refractivity contribution in [2.24, 2.45) is 0 Å². The average molecular weight is 305 g/mol. The van der Waals surface area contributed by atoms with Crippen LogP contribution >= 0.6 is 0 Å². The van der Waals surface area contributed by atoms with E-state index >= 15 is 0 Å². The van der Waals surface area contributed by atoms with Crippen LogP contribution in [0.2, 0.25) is 0 Å². The van der Waals surface area contributed by atoms with Gasteiger partial charge in [0.05, 0.1) is 19.8 Å². The number of rotatable bonds is 5. The number of carbonyl (C=O) groups excluding carboxylic acids is 1. The number of ether oxygens (including phenoxy) is 3. The van der Waals surface area contributed by atoms with Gasteiger partial charge in [-0.15, -0.1) is 0 Å². The molecule has 5 heteroatoms. The van der Waals surface area contributed by atoms with E-state index in [0.29, 0.717) is 31.2 Å². The van der Waals surface area contributed by atoms with Gasteiger partial charge in [-0.25, -0.2) is 0 Å². The van der Waals surface area contributed by atoms with E-state index in [1.54, 1.807) is 12.0 Å². The zero-order chi connectivity index (χ0) is 15.9. The number of hydrogen-bond donors (Lipinski definition) is 0. The van der Waals surface area contributed by atoms with Gasteiger partial charge in [0.1, 0.15) is 0 Å². The Morgan fingerprint density at radius 1 is 1.45 bits per heavy atom. The first-order valence-electron chi connectivity index (χ1n) is 7.47. The largest absolute Gasteiger partial charge is 0.493 e. The predicted octanol–water partition coefficient (Wildman–Crippen LogP) is 2.35. The molecular weight excluding hydrogens is 282 g/mol. The van der Waals surface area contributed by atoms with Crippen LogP contribution in [-0.2, 0) is 9.53 Å². The van der Waals surface area contributed by atoms with E-state index in [0.717, 1.165) is 5.56 Å². The number of methoxy groups -OCH3 is 1. The molecule has 1 aromatic carbocycles. The molecule has 0 bridgehead atoms. The van der Waals surface area contributed by atoms with Crippen molar-refractivity contribution >= 4 is 12.0 Å². The van der Waals surface area contributed by atoms with Crippen LogP contribution in [0.5, 0.6) is 11.5 Å². The Morgan fingerprint density at radius 3 is 2.95 bits per heavy atom. The smallest absolute Gasteiger partial charge is 0.260 e. The van der Waals surface area contributed by atoms with Crippen LogP contribution in [-0.4, -0.2) is 50.3 Å². The van der Waals surface area contributed by atoms with Crippen molar-refractivity contribution in [2.45, 2.75) is 20.0 Å². The van der Waals surface area contributed by atoms with Crippen molar-refractivity contribution < 1.29 is 19.0 Å². The number of carbonyl (C=O) groups is 1. The summed E-state index contributed by atoms with van der Waals surface area (Å²) in [5, 5.41) is 0. The fraction of sp³-hybridized carbons (Fsp3) is 0.471. The molecule has 0 saturated carbocycles. The minimum atomic E-state index is -0.0327. The van der Waals surface area contributed by atoms with E-state index in [1.807, 2.05) is 44.2 Å². The van der Waals surface area contributed by atoms with Gasteiger partial charge in [-0.05, 0) is 31.5 Å². The highest BCUT2D eigenvalue weighted by atomic mass is 16.5. The molecule has 0 aromatic heterocycles. The molecule has 120 valence electrons. The second kappa shape index (κ2) is 7.84. The van der Waals surface area contributed by atoms with Crippen molar-refractivity contribution in [3.05, 3.63) is 29.8 Å². The standard InChI is InChI=1S/C17H23NO4/c1-4-5-14-6-7-15(16(10-14)20-3)22-12-17(19)18-8-9-21-13(2)11-18/h4-7,10,13H,8-9,11-12H2,1-3H3/b5-4+. The van der Waals surface area contributed by atoms with Crippen molar-refractivity contribution in [3.63, 3.8) is 0 Å². The predicted molar refractivity (Wildman–Crippen MR) is 85.2 cm³/mol. The molecule has 1 aromatic rings. The Kier molecular flexibility index (Phi) is 5.83. The molecule has 0 radical (unpaired) electrons. The molecule has 1 aliphatic heterocycles. The Labute approximate surface area is 131 Å². The molecule has 1 fully saturated rings. The highest BCUT2D eigenvalue weighted by molar-refractivity contribution is 5.78. The summed E-state index contributed by atoms with van der Waals surface area (Å²) in [6.45, 7) is 5.73. The van der Waals surface area contributed by atoms with E-state index in [4.69, 9.17) is 14.2 Å². The zero-order valence-corrected chi connectivity index (χ0v) is 13.4. The maximum absolute atomic E-state index is 12.2. The molecule has 0 aliphatic carbocycles. The van der Waals surface area contributed by atoms with Crippen LogP contribution < -0.4 is 9.47 Å². The Balaban J connectivity index is 1.97. The van der Waals surface area contributed by atoms with Crippen LogP contribution in [0.4, 0.5) is 0 Å². The molecule has 1 saturated heterocycles. The number of benzene rings is 1. The van der Waals surface area contributed by atoms with Gasteiger partial charge in [-0.3, -0.25) is 4.79 Å². The summed E-state index contributed by atoms with van der Waals surface area (Å²) >= 11 is 0. The highest BCUT2D eigenvalue weighted by Crippen LogP contribution is 2.28. The highest BCUT2D eigenvalue weighted by Gasteiger charge is 2.21. The summed E-state index contributed by atoms with van der Waals surface area (Å²) in [6, 6.07) is 5.64. The molecule has 0 N–H and O–H groups in total. The van der Waals surface area contributed by atoms with Crippen molar-refractivity contribution in [3.8, 4) is 11.5 Å². The maximum atomic E-state index is 12.2. The minimum absolute atomic E-state index is 0.00600. The summed E-state index contributed by atoms with van der Waals surface area (Å²) in [4.78, 5) is 14.0. The molecule has 5 nitrogen and oxygen atoms in total. The number of nitrogens with zero attached hydrogens (tertiary/aromatic N) is 1. The first kappa shape index (κ1) is 16.4. The quantitative estimate of drug-likeness (QED) is 0.838. The third-order valence-electron chi connectivity index (χ3n) is 3.49. The molecule has 1 atom stereocenters. The Morgan fingerprint density at radius 2 is 2.27 bits per heavy atom. The fourth-order valence-electron chi connectivity index (χ4n) is 2.38. The lowest BCUT2D eigenvalue weighted by Crippen LogP contribution is -2.46. The number of hydrogen-bond acceptors (Lipinski definition) is 4. The first-order valence-corrected chi connectivity index (χ1v) is 7.47. The molecule has 1 heterocycles. The lowest BCUT2D eigenvalue weighted by Gasteiger charge is -2.31. The summed E-state index contributed by atoms with van der Waals surface area (Å²) in [5.41, 5.74) is 1.03. The molecule has 22 heavy (non-hydrogen) atoms. The van der Waals surface area contributed by atoms with Gasteiger partial charge in [0.15, 0.2) is 18.1 Å². The van der Waals surface area contributed by atoms with E-state index in [1.165, 1.54) is 0 Å². The molecule has 1 unspecified atom stereocenters. The monoisotopic (exact) mass is 305 g/mol. The van der Waals surface area contributed by atoms with Gasteiger partial charge in [0, 0.05) is 13.1 Å². The molecule has 0 spiro atoms. The molecule has 2 rings (SSSR count). The van der Waals surface area contributed by atoms with Crippen molar-refractivity contribution in [2.75, 3.05) is 33.4 Å². The zero-order valence-electron chi connectivity index (χ0n) is 13.4. The van der Waals surface area contributed by atoms with Gasteiger partial charge in [0.2, 0.25) is 0 Å². The number of morpholine rings is 1. The first-order chi connectivity index (χ1) is 10.6. The molecule has 1 aliphatic rings. The van der Waals surface area contributed by atoms with E-state index in [9.17, 15) is 4.79 Å². The second-order valence-corrected chi connectivity index (χ2v) is 5.22. The summed E-state index contributed by atoms with van der Waals surface area (Å²) < 4.78 is 16.4. The third-order valence-corrected chi connectivity index (χ3v) is 3.49. The summed E-state index contributed by atoms with van der Waals surface area (Å²) in [6.07, 6.45) is 4.01. The lowest BCUT2D eigenvalue weighted by molar-refractivity contribution is -0.140. The van der Waals surface area contributed by atoms with E-state index in [2.05, 4.69) is 0 Å². The van der Waals surface area contributed by atoms with Crippen LogP contribution in [0.25, 0.3) is 6.08 Å². The third kappa shape index (κ3) is 4.24. The number of allylic oxidation sites excluding steroid dienone is 1. The van der Waals surface area contributed by atoms with E-state index in [-0.39, 0.29) is 18.6 Å². The van der Waals surface area contributed by atoms with Crippen LogP contribution in [0, 0.1) is 0 Å². The van der Waals surface area contributed by atoms with Gasteiger partial charge >= 0.3 is 0 Å². The molecule has 1 amide bonds. The Bertz CT molecular complexity index is 541. The maximum Gasteiger partial charge on any atom is 0.260 e. The second-order valence-electron chi connectivity index (χ2n) is 5.22. The Hall–Kier alpha value is -2.01. The van der Waals surface area contributed by atoms with Crippen molar-refractivity contribution in [1.29, 1.82) is 0 Å². The van der Waals surface area contributed by atoms with Gasteiger partial charge in [-0.1, -0.05) is 18.2 Å². The van der Waals surface area contributed by atoms with E-state index < -0.39 is 0 Å². The lowest BCUT2D eigenvalue weighted by atomic mass is 10.2. The van der Waals surface area contributed by atoms with Crippen molar-refractivity contribution in [1.82, 2.24) is 4.90 Å². The SMILES string of the molecule is C/C=C/c1ccc(OCC(=O)N2CCOC(C)C2)c(OC)c1. The topological polar surface area (TPSA) is 48.0 Å². The van der Waals surface area contributed by atoms with Gasteiger partial charge in [-0.2, -0.15) is 0 Å². The van der Waals surface area contributed by atoms with Crippen LogP contribution in [0.1, 0.15) is 19.4 Å². The average Bonchev–Trinajstić information content (AvgIpc) is 2.53. The minimum Gasteiger partial charge on any atom is -0.493 e. The fourth-order valence-corrected chi connectivity index (χ4v) is 2.38.